The lowest BCUT2D eigenvalue weighted by Gasteiger charge is -2.32. The quantitative estimate of drug-likeness (QED) is 0.838. The molecule has 0 spiro atoms. The maximum Gasteiger partial charge on any atom is 0.401 e. The molecule has 2 fully saturated rings. The first-order valence-corrected chi connectivity index (χ1v) is 7.76. The van der Waals surface area contributed by atoms with Crippen molar-refractivity contribution in [2.75, 3.05) is 26.2 Å². The predicted molar refractivity (Wildman–Crippen MR) is 74.0 cm³/mol. The van der Waals surface area contributed by atoms with Crippen molar-refractivity contribution in [3.63, 3.8) is 0 Å². The molecule has 2 N–H and O–H groups in total. The van der Waals surface area contributed by atoms with E-state index < -0.39 is 12.7 Å². The van der Waals surface area contributed by atoms with Gasteiger partial charge >= 0.3 is 12.2 Å². The summed E-state index contributed by atoms with van der Waals surface area (Å²) in [5.41, 5.74) is 0. The number of amides is 2. The Morgan fingerprint density at radius 1 is 1.10 bits per heavy atom. The Hall–Kier alpha value is -0.980. The van der Waals surface area contributed by atoms with Crippen LogP contribution in [0.3, 0.4) is 0 Å². The molecule has 0 bridgehead atoms. The first-order chi connectivity index (χ1) is 9.92. The van der Waals surface area contributed by atoms with Crippen molar-refractivity contribution in [2.45, 2.75) is 50.7 Å². The Labute approximate surface area is 123 Å². The molecule has 2 aliphatic rings. The number of likely N-dealkylation sites (tertiary alicyclic amines) is 1. The Balaban J connectivity index is 1.59. The Morgan fingerprint density at radius 3 is 2.29 bits per heavy atom. The third kappa shape index (κ3) is 6.11. The van der Waals surface area contributed by atoms with Gasteiger partial charge in [0.1, 0.15) is 0 Å². The van der Waals surface area contributed by atoms with Crippen molar-refractivity contribution in [3.8, 4) is 0 Å². The van der Waals surface area contributed by atoms with E-state index in [-0.39, 0.29) is 11.9 Å². The summed E-state index contributed by atoms with van der Waals surface area (Å²) >= 11 is 0. The number of rotatable bonds is 4. The molecular weight excluding hydrogens is 283 g/mol. The topological polar surface area (TPSA) is 44.4 Å². The van der Waals surface area contributed by atoms with E-state index in [0.29, 0.717) is 38.5 Å². The molecule has 1 saturated carbocycles. The fraction of sp³-hybridized carbons (Fsp3) is 0.929. The van der Waals surface area contributed by atoms with Gasteiger partial charge in [0, 0.05) is 12.6 Å². The second-order valence-corrected chi connectivity index (χ2v) is 6.17. The van der Waals surface area contributed by atoms with Gasteiger partial charge in [-0.2, -0.15) is 13.2 Å². The van der Waals surface area contributed by atoms with Crippen molar-refractivity contribution in [1.29, 1.82) is 0 Å². The fourth-order valence-corrected chi connectivity index (χ4v) is 3.15. The van der Waals surface area contributed by atoms with Gasteiger partial charge in [0.05, 0.1) is 6.54 Å². The summed E-state index contributed by atoms with van der Waals surface area (Å²) in [6.45, 7) is 0.639. The van der Waals surface area contributed by atoms with Crippen molar-refractivity contribution < 1.29 is 18.0 Å². The van der Waals surface area contributed by atoms with Crippen molar-refractivity contribution >= 4 is 6.03 Å². The normalized spacial score (nSPS) is 22.4. The molecular formula is C14H24F3N3O. The van der Waals surface area contributed by atoms with E-state index in [9.17, 15) is 18.0 Å². The lowest BCUT2D eigenvalue weighted by Crippen LogP contribution is -2.45. The van der Waals surface area contributed by atoms with Crippen LogP contribution in [0.25, 0.3) is 0 Å². The highest BCUT2D eigenvalue weighted by molar-refractivity contribution is 5.74. The number of hydrogen-bond donors (Lipinski definition) is 2. The summed E-state index contributed by atoms with van der Waals surface area (Å²) in [5, 5.41) is 5.80. The van der Waals surface area contributed by atoms with Gasteiger partial charge in [0.25, 0.3) is 0 Å². The molecule has 0 radical (unpaired) electrons. The summed E-state index contributed by atoms with van der Waals surface area (Å²) in [5.74, 6) is 0.281. The van der Waals surface area contributed by atoms with Crippen LogP contribution in [-0.2, 0) is 0 Å². The molecule has 0 aromatic rings. The molecule has 2 amide bonds. The molecule has 7 heteroatoms. The van der Waals surface area contributed by atoms with Crippen LogP contribution in [0.15, 0.2) is 0 Å². The van der Waals surface area contributed by atoms with Crippen molar-refractivity contribution in [1.82, 2.24) is 15.5 Å². The lowest BCUT2D eigenvalue weighted by molar-refractivity contribution is -0.148. The summed E-state index contributed by atoms with van der Waals surface area (Å²) in [7, 11) is 0. The van der Waals surface area contributed by atoms with Crippen LogP contribution in [0.1, 0.15) is 38.5 Å². The zero-order valence-electron chi connectivity index (χ0n) is 12.2. The molecule has 122 valence electrons. The molecule has 1 heterocycles. The standard InChI is InChI=1S/C14H24F3N3O/c15-14(16,17)10-20-7-5-11(6-8-20)9-18-13(21)19-12-3-1-2-4-12/h11-12H,1-10H2,(H2,18,19,21). The summed E-state index contributed by atoms with van der Waals surface area (Å²) in [6.07, 6.45) is 1.73. The molecule has 4 nitrogen and oxygen atoms in total. The molecule has 0 atom stereocenters. The zero-order chi connectivity index (χ0) is 15.3. The van der Waals surface area contributed by atoms with Gasteiger partial charge in [-0.15, -0.1) is 0 Å². The summed E-state index contributed by atoms with van der Waals surface area (Å²) < 4.78 is 36.8. The van der Waals surface area contributed by atoms with E-state index in [4.69, 9.17) is 0 Å². The Kier molecular flexibility index (Phi) is 5.72. The van der Waals surface area contributed by atoms with Crippen LogP contribution in [0, 0.1) is 5.92 Å². The largest absolute Gasteiger partial charge is 0.401 e. The highest BCUT2D eigenvalue weighted by atomic mass is 19.4. The molecule has 21 heavy (non-hydrogen) atoms. The third-order valence-electron chi connectivity index (χ3n) is 4.35. The maximum absolute atomic E-state index is 12.3. The van der Waals surface area contributed by atoms with E-state index >= 15 is 0 Å². The van der Waals surface area contributed by atoms with Crippen LogP contribution in [0.5, 0.6) is 0 Å². The Bertz CT molecular complexity index is 335. The fourth-order valence-electron chi connectivity index (χ4n) is 3.15. The van der Waals surface area contributed by atoms with E-state index in [0.717, 1.165) is 12.8 Å². The SMILES string of the molecule is O=C(NCC1CCN(CC(F)(F)F)CC1)NC1CCCC1. The van der Waals surface area contributed by atoms with Gasteiger partial charge in [-0.05, 0) is 44.7 Å². The molecule has 0 aromatic carbocycles. The second kappa shape index (κ2) is 7.33. The summed E-state index contributed by atoms with van der Waals surface area (Å²) in [6, 6.07) is 0.151. The number of urea groups is 1. The molecule has 1 aliphatic carbocycles. The molecule has 1 saturated heterocycles. The minimum absolute atomic E-state index is 0.139. The van der Waals surface area contributed by atoms with Gasteiger partial charge < -0.3 is 10.6 Å². The number of carbonyl (C=O) groups is 1. The number of nitrogens with zero attached hydrogens (tertiary/aromatic N) is 1. The minimum Gasteiger partial charge on any atom is -0.338 e. The minimum atomic E-state index is -4.12. The molecule has 0 unspecified atom stereocenters. The molecule has 0 aromatic heterocycles. The highest BCUT2D eigenvalue weighted by Crippen LogP contribution is 2.22. The number of alkyl halides is 3. The van der Waals surface area contributed by atoms with Crippen LogP contribution in [-0.4, -0.2) is 49.3 Å². The van der Waals surface area contributed by atoms with Crippen molar-refractivity contribution in [2.24, 2.45) is 5.92 Å². The second-order valence-electron chi connectivity index (χ2n) is 6.17. The molecule has 2 rings (SSSR count). The first-order valence-electron chi connectivity index (χ1n) is 7.76. The number of halogens is 3. The van der Waals surface area contributed by atoms with E-state index in [1.54, 1.807) is 0 Å². The van der Waals surface area contributed by atoms with Gasteiger partial charge in [-0.25, -0.2) is 4.79 Å². The summed E-state index contributed by atoms with van der Waals surface area (Å²) in [4.78, 5) is 13.2. The predicted octanol–water partition coefficient (Wildman–Crippen LogP) is 2.50. The van der Waals surface area contributed by atoms with Crippen LogP contribution in [0.4, 0.5) is 18.0 Å². The molecule has 1 aliphatic heterocycles. The van der Waals surface area contributed by atoms with Gasteiger partial charge in [0.15, 0.2) is 0 Å². The Morgan fingerprint density at radius 2 is 1.71 bits per heavy atom. The number of nitrogens with one attached hydrogen (secondary N) is 2. The first kappa shape index (κ1) is 16.4. The smallest absolute Gasteiger partial charge is 0.338 e. The van der Waals surface area contributed by atoms with E-state index in [2.05, 4.69) is 10.6 Å². The average Bonchev–Trinajstić information content (AvgIpc) is 2.89. The van der Waals surface area contributed by atoms with Crippen molar-refractivity contribution in [3.05, 3.63) is 0 Å². The van der Waals surface area contributed by atoms with E-state index in [1.807, 2.05) is 0 Å². The maximum atomic E-state index is 12.3. The monoisotopic (exact) mass is 307 g/mol. The highest BCUT2D eigenvalue weighted by Gasteiger charge is 2.32. The van der Waals surface area contributed by atoms with Crippen LogP contribution in [0.2, 0.25) is 0 Å². The van der Waals surface area contributed by atoms with Gasteiger partial charge in [-0.1, -0.05) is 12.8 Å². The van der Waals surface area contributed by atoms with Gasteiger partial charge in [0.2, 0.25) is 0 Å². The van der Waals surface area contributed by atoms with Gasteiger partial charge in [-0.3, -0.25) is 4.90 Å². The zero-order valence-corrected chi connectivity index (χ0v) is 12.2. The number of hydrogen-bond acceptors (Lipinski definition) is 2. The number of piperidine rings is 1. The van der Waals surface area contributed by atoms with Crippen LogP contribution >= 0.6 is 0 Å². The van der Waals surface area contributed by atoms with E-state index in [1.165, 1.54) is 17.7 Å². The third-order valence-corrected chi connectivity index (χ3v) is 4.35. The number of carbonyl (C=O) groups excluding carboxylic acids is 1. The van der Waals surface area contributed by atoms with Crippen LogP contribution < -0.4 is 10.6 Å². The lowest BCUT2D eigenvalue weighted by atomic mass is 9.97. The average molecular weight is 307 g/mol.